The Morgan fingerprint density at radius 1 is 1.35 bits per heavy atom. The minimum atomic E-state index is 0.544. The van der Waals surface area contributed by atoms with Gasteiger partial charge < -0.3 is 5.32 Å². The summed E-state index contributed by atoms with van der Waals surface area (Å²) in [5.74, 6) is 1.14. The Bertz CT molecular complexity index is 362. The Balaban J connectivity index is 1.80. The Morgan fingerprint density at radius 2 is 2.18 bits per heavy atom. The molecule has 0 aliphatic carbocycles. The molecule has 0 radical (unpaired) electrons. The number of aliphatic imine (C=N–C) groups is 1. The summed E-state index contributed by atoms with van der Waals surface area (Å²) >= 11 is 1.86. The molecule has 0 spiro atoms. The van der Waals surface area contributed by atoms with Crippen molar-refractivity contribution in [3.63, 3.8) is 0 Å². The first-order valence-corrected chi connectivity index (χ1v) is 7.34. The minimum Gasteiger partial charge on any atom is -0.361 e. The average Bonchev–Trinajstić information content (AvgIpc) is 2.79. The molecule has 0 amide bonds. The van der Waals surface area contributed by atoms with Gasteiger partial charge in [0.1, 0.15) is 0 Å². The van der Waals surface area contributed by atoms with Crippen LogP contribution in [0.3, 0.4) is 0 Å². The molecule has 1 atom stereocenters. The van der Waals surface area contributed by atoms with Gasteiger partial charge in [0.25, 0.3) is 0 Å². The molecule has 0 aromatic heterocycles. The number of nitrogens with zero attached hydrogens (tertiary/aromatic N) is 1. The van der Waals surface area contributed by atoms with Gasteiger partial charge in [-0.2, -0.15) is 0 Å². The predicted octanol–water partition coefficient (Wildman–Crippen LogP) is 3.09. The molecule has 0 bridgehead atoms. The van der Waals surface area contributed by atoms with E-state index in [0.29, 0.717) is 6.04 Å². The normalized spacial score (nSPS) is 21.7. The molecule has 0 saturated carbocycles. The zero-order valence-electron chi connectivity index (χ0n) is 10.4. The number of hydrogen-bond acceptors (Lipinski definition) is 2. The van der Waals surface area contributed by atoms with Crippen LogP contribution in [0.1, 0.15) is 25.3 Å². The molecule has 1 unspecified atom stereocenters. The van der Waals surface area contributed by atoms with Gasteiger partial charge >= 0.3 is 0 Å². The Morgan fingerprint density at radius 3 is 2.94 bits per heavy atom. The molecular formula is C14H20N2S. The van der Waals surface area contributed by atoms with E-state index in [2.05, 4.69) is 47.6 Å². The third kappa shape index (κ3) is 4.08. The van der Waals surface area contributed by atoms with Crippen molar-refractivity contribution in [2.75, 3.05) is 12.3 Å². The van der Waals surface area contributed by atoms with Gasteiger partial charge in [-0.15, -0.1) is 0 Å². The summed E-state index contributed by atoms with van der Waals surface area (Å²) in [6.45, 7) is 3.16. The third-order valence-corrected chi connectivity index (χ3v) is 3.93. The fourth-order valence-electron chi connectivity index (χ4n) is 1.88. The van der Waals surface area contributed by atoms with E-state index in [9.17, 15) is 0 Å². The van der Waals surface area contributed by atoms with Crippen molar-refractivity contribution in [2.45, 2.75) is 32.2 Å². The molecule has 1 heterocycles. The molecule has 1 aliphatic rings. The zero-order chi connectivity index (χ0) is 11.9. The highest BCUT2D eigenvalue weighted by molar-refractivity contribution is 8.14. The number of thioether (sulfide) groups is 1. The highest BCUT2D eigenvalue weighted by Gasteiger charge is 2.19. The molecule has 1 saturated heterocycles. The van der Waals surface area contributed by atoms with Crippen LogP contribution in [0.5, 0.6) is 0 Å². The van der Waals surface area contributed by atoms with Crippen LogP contribution in [0.4, 0.5) is 0 Å². The third-order valence-electron chi connectivity index (χ3n) is 2.84. The van der Waals surface area contributed by atoms with Crippen molar-refractivity contribution >= 4 is 16.9 Å². The van der Waals surface area contributed by atoms with E-state index in [-0.39, 0.29) is 0 Å². The topological polar surface area (TPSA) is 24.4 Å². The lowest BCUT2D eigenvalue weighted by molar-refractivity contribution is 0.685. The van der Waals surface area contributed by atoms with Crippen molar-refractivity contribution < 1.29 is 0 Å². The molecular weight excluding hydrogens is 228 g/mol. The van der Waals surface area contributed by atoms with E-state index < -0.39 is 0 Å². The Hall–Kier alpha value is -0.960. The largest absolute Gasteiger partial charge is 0.361 e. The number of amidine groups is 1. The summed E-state index contributed by atoms with van der Waals surface area (Å²) in [6.07, 6.45) is 3.50. The van der Waals surface area contributed by atoms with E-state index in [1.54, 1.807) is 0 Å². The van der Waals surface area contributed by atoms with Gasteiger partial charge in [0.15, 0.2) is 5.17 Å². The lowest BCUT2D eigenvalue weighted by atomic mass is 10.1. The first-order chi connectivity index (χ1) is 8.38. The van der Waals surface area contributed by atoms with Gasteiger partial charge in [0, 0.05) is 18.3 Å². The van der Waals surface area contributed by atoms with Crippen LogP contribution in [0.25, 0.3) is 0 Å². The quantitative estimate of drug-likeness (QED) is 0.810. The van der Waals surface area contributed by atoms with Gasteiger partial charge in [-0.05, 0) is 18.4 Å². The van der Waals surface area contributed by atoms with Crippen LogP contribution in [-0.4, -0.2) is 23.5 Å². The Kier molecular flexibility index (Phi) is 4.92. The molecule has 1 N–H and O–H groups in total. The molecule has 3 heteroatoms. The second kappa shape index (κ2) is 6.70. The fraction of sp³-hybridized carbons (Fsp3) is 0.500. The first kappa shape index (κ1) is 12.5. The van der Waals surface area contributed by atoms with E-state index in [1.807, 2.05) is 11.8 Å². The summed E-state index contributed by atoms with van der Waals surface area (Å²) in [5, 5.41) is 4.65. The molecule has 2 nitrogen and oxygen atoms in total. The average molecular weight is 248 g/mol. The van der Waals surface area contributed by atoms with E-state index in [0.717, 1.165) is 23.9 Å². The lowest BCUT2D eigenvalue weighted by Crippen LogP contribution is -2.29. The maximum atomic E-state index is 4.57. The van der Waals surface area contributed by atoms with Gasteiger partial charge in [0.05, 0.1) is 0 Å². The van der Waals surface area contributed by atoms with Crippen LogP contribution in [0, 0.1) is 0 Å². The second-order valence-electron chi connectivity index (χ2n) is 4.38. The fourth-order valence-corrected chi connectivity index (χ4v) is 2.87. The van der Waals surface area contributed by atoms with Gasteiger partial charge in [-0.25, -0.2) is 0 Å². The molecule has 1 aliphatic heterocycles. The zero-order valence-corrected chi connectivity index (χ0v) is 11.2. The number of nitrogens with one attached hydrogen (secondary N) is 1. The van der Waals surface area contributed by atoms with Crippen LogP contribution < -0.4 is 5.32 Å². The van der Waals surface area contributed by atoms with Crippen molar-refractivity contribution in [3.8, 4) is 0 Å². The van der Waals surface area contributed by atoms with Gasteiger partial charge in [-0.1, -0.05) is 55.4 Å². The molecule has 1 aromatic rings. The molecule has 17 heavy (non-hydrogen) atoms. The van der Waals surface area contributed by atoms with E-state index in [4.69, 9.17) is 0 Å². The van der Waals surface area contributed by atoms with Crippen LogP contribution in [-0.2, 0) is 6.42 Å². The molecule has 1 aromatic carbocycles. The van der Waals surface area contributed by atoms with Crippen molar-refractivity contribution in [2.24, 2.45) is 4.99 Å². The van der Waals surface area contributed by atoms with Crippen molar-refractivity contribution in [1.29, 1.82) is 0 Å². The molecule has 1 fully saturated rings. The minimum absolute atomic E-state index is 0.544. The number of unbranched alkanes of at least 4 members (excludes halogenated alkanes) is 1. The van der Waals surface area contributed by atoms with Crippen LogP contribution in [0.15, 0.2) is 35.3 Å². The molecule has 2 rings (SSSR count). The van der Waals surface area contributed by atoms with Gasteiger partial charge in [0.2, 0.25) is 0 Å². The monoisotopic (exact) mass is 248 g/mol. The summed E-state index contributed by atoms with van der Waals surface area (Å²) in [4.78, 5) is 4.57. The van der Waals surface area contributed by atoms with Gasteiger partial charge in [-0.3, -0.25) is 4.99 Å². The Labute approximate surface area is 108 Å². The number of rotatable bonds is 5. The maximum Gasteiger partial charge on any atom is 0.156 e. The van der Waals surface area contributed by atoms with Crippen molar-refractivity contribution in [1.82, 2.24) is 5.32 Å². The summed E-state index contributed by atoms with van der Waals surface area (Å²) in [5.41, 5.74) is 1.40. The first-order valence-electron chi connectivity index (χ1n) is 6.36. The van der Waals surface area contributed by atoms with Crippen LogP contribution in [0.2, 0.25) is 0 Å². The number of hydrogen-bond donors (Lipinski definition) is 1. The van der Waals surface area contributed by atoms with Crippen molar-refractivity contribution in [3.05, 3.63) is 35.9 Å². The predicted molar refractivity (Wildman–Crippen MR) is 76.7 cm³/mol. The SMILES string of the molecule is CCCCN=C1NC(Cc2ccccc2)CS1. The number of benzene rings is 1. The molecule has 92 valence electrons. The maximum absolute atomic E-state index is 4.57. The van der Waals surface area contributed by atoms with E-state index in [1.165, 1.54) is 18.4 Å². The summed E-state index contributed by atoms with van der Waals surface area (Å²) < 4.78 is 0. The smallest absolute Gasteiger partial charge is 0.156 e. The highest BCUT2D eigenvalue weighted by Crippen LogP contribution is 2.17. The van der Waals surface area contributed by atoms with E-state index >= 15 is 0 Å². The standard InChI is InChI=1S/C14H20N2S/c1-2-3-9-15-14-16-13(11-17-14)10-12-7-5-4-6-8-12/h4-8,13H,2-3,9-11H2,1H3,(H,15,16). The summed E-state index contributed by atoms with van der Waals surface area (Å²) in [7, 11) is 0. The highest BCUT2D eigenvalue weighted by atomic mass is 32.2. The van der Waals surface area contributed by atoms with Crippen LogP contribution >= 0.6 is 11.8 Å². The summed E-state index contributed by atoms with van der Waals surface area (Å²) in [6, 6.07) is 11.2. The second-order valence-corrected chi connectivity index (χ2v) is 5.39. The lowest BCUT2D eigenvalue weighted by Gasteiger charge is -2.09.